The second kappa shape index (κ2) is 2.89. The lowest BCUT2D eigenvalue weighted by atomic mass is 9.87. The zero-order valence-corrected chi connectivity index (χ0v) is 6.51. The van der Waals surface area contributed by atoms with Gasteiger partial charge in [0.25, 0.3) is 0 Å². The highest BCUT2D eigenvalue weighted by Crippen LogP contribution is 2.40. The largest absolute Gasteiger partial charge is 0.396 e. The molecule has 0 spiro atoms. The fraction of sp³-hybridized carbons (Fsp3) is 1.00. The minimum atomic E-state index is -0.139. The Balaban J connectivity index is 2.51. The molecule has 10 heavy (non-hydrogen) atoms. The molecule has 0 aromatic heterocycles. The first-order chi connectivity index (χ1) is 4.72. The Morgan fingerprint density at radius 1 is 1.40 bits per heavy atom. The maximum absolute atomic E-state index is 8.97. The second-order valence-corrected chi connectivity index (χ2v) is 3.66. The maximum atomic E-state index is 8.97. The lowest BCUT2D eigenvalue weighted by molar-refractivity contribution is 0.0576. The molecule has 2 N–H and O–H groups in total. The van der Waals surface area contributed by atoms with Crippen molar-refractivity contribution in [3.63, 3.8) is 0 Å². The lowest BCUT2D eigenvalue weighted by Gasteiger charge is -2.23. The first-order valence-corrected chi connectivity index (χ1v) is 3.94. The summed E-state index contributed by atoms with van der Waals surface area (Å²) in [6.07, 6.45) is 3.13. The van der Waals surface area contributed by atoms with Gasteiger partial charge in [0.05, 0.1) is 13.2 Å². The third-order valence-electron chi connectivity index (χ3n) is 2.62. The van der Waals surface area contributed by atoms with Gasteiger partial charge in [-0.25, -0.2) is 0 Å². The Morgan fingerprint density at radius 2 is 2.00 bits per heavy atom. The van der Waals surface area contributed by atoms with Crippen molar-refractivity contribution < 1.29 is 10.2 Å². The number of hydrogen-bond donors (Lipinski definition) is 2. The highest BCUT2D eigenvalue weighted by Gasteiger charge is 2.35. The monoisotopic (exact) mass is 144 g/mol. The first kappa shape index (κ1) is 8.02. The van der Waals surface area contributed by atoms with Gasteiger partial charge in [-0.15, -0.1) is 0 Å². The van der Waals surface area contributed by atoms with E-state index in [0.717, 1.165) is 19.3 Å². The third kappa shape index (κ3) is 1.32. The van der Waals surface area contributed by atoms with Gasteiger partial charge in [0.2, 0.25) is 0 Å². The topological polar surface area (TPSA) is 40.5 Å². The molecule has 0 radical (unpaired) electrons. The van der Waals surface area contributed by atoms with Gasteiger partial charge in [-0.1, -0.05) is 6.92 Å². The first-order valence-electron chi connectivity index (χ1n) is 3.94. The molecule has 1 rings (SSSR count). The quantitative estimate of drug-likeness (QED) is 0.601. The maximum Gasteiger partial charge on any atom is 0.0509 e. The van der Waals surface area contributed by atoms with Gasteiger partial charge in [-0.05, 0) is 25.2 Å². The average Bonchev–Trinajstić information content (AvgIpc) is 2.33. The van der Waals surface area contributed by atoms with E-state index in [2.05, 4.69) is 6.92 Å². The van der Waals surface area contributed by atoms with E-state index in [9.17, 15) is 0 Å². The number of aliphatic hydroxyl groups excluding tert-OH is 2. The highest BCUT2D eigenvalue weighted by atomic mass is 16.3. The molecule has 1 aliphatic carbocycles. The lowest BCUT2D eigenvalue weighted by Crippen LogP contribution is -2.26. The van der Waals surface area contributed by atoms with E-state index in [4.69, 9.17) is 10.2 Å². The van der Waals surface area contributed by atoms with E-state index < -0.39 is 0 Å². The molecule has 1 atom stereocenters. The fourth-order valence-corrected chi connectivity index (χ4v) is 1.83. The summed E-state index contributed by atoms with van der Waals surface area (Å²) in [7, 11) is 0. The Morgan fingerprint density at radius 3 is 2.20 bits per heavy atom. The molecule has 2 heteroatoms. The van der Waals surface area contributed by atoms with Gasteiger partial charge in [0.1, 0.15) is 0 Å². The number of rotatable bonds is 2. The average molecular weight is 144 g/mol. The molecule has 0 amide bonds. The summed E-state index contributed by atoms with van der Waals surface area (Å²) >= 11 is 0. The predicted molar refractivity (Wildman–Crippen MR) is 39.6 cm³/mol. The molecule has 0 aromatic rings. The van der Waals surface area contributed by atoms with Crippen molar-refractivity contribution in [3.05, 3.63) is 0 Å². The van der Waals surface area contributed by atoms with E-state index in [0.29, 0.717) is 5.92 Å². The summed E-state index contributed by atoms with van der Waals surface area (Å²) in [5.74, 6) is 0.680. The summed E-state index contributed by atoms with van der Waals surface area (Å²) in [5.41, 5.74) is -0.139. The molecule has 0 aromatic carbocycles. The molecular weight excluding hydrogens is 128 g/mol. The second-order valence-electron chi connectivity index (χ2n) is 3.66. The molecule has 1 saturated carbocycles. The molecule has 0 saturated heterocycles. The minimum Gasteiger partial charge on any atom is -0.396 e. The predicted octanol–water partition coefficient (Wildman–Crippen LogP) is 0.777. The summed E-state index contributed by atoms with van der Waals surface area (Å²) in [4.78, 5) is 0. The van der Waals surface area contributed by atoms with Crippen molar-refractivity contribution in [3.8, 4) is 0 Å². The molecule has 2 nitrogen and oxygen atoms in total. The van der Waals surface area contributed by atoms with Crippen molar-refractivity contribution in [1.82, 2.24) is 0 Å². The van der Waals surface area contributed by atoms with Crippen LogP contribution in [0, 0.1) is 11.3 Å². The number of hydrogen-bond acceptors (Lipinski definition) is 2. The van der Waals surface area contributed by atoms with Crippen LogP contribution in [0.3, 0.4) is 0 Å². The van der Waals surface area contributed by atoms with Gasteiger partial charge in [0, 0.05) is 5.41 Å². The molecule has 0 bridgehead atoms. The van der Waals surface area contributed by atoms with Crippen molar-refractivity contribution in [2.75, 3.05) is 13.2 Å². The van der Waals surface area contributed by atoms with Crippen LogP contribution in [0.25, 0.3) is 0 Å². The molecule has 1 fully saturated rings. The van der Waals surface area contributed by atoms with Crippen LogP contribution < -0.4 is 0 Å². The van der Waals surface area contributed by atoms with Crippen LogP contribution in [0.4, 0.5) is 0 Å². The van der Waals surface area contributed by atoms with Crippen molar-refractivity contribution in [2.45, 2.75) is 26.2 Å². The highest BCUT2D eigenvalue weighted by molar-refractivity contribution is 4.86. The third-order valence-corrected chi connectivity index (χ3v) is 2.62. The van der Waals surface area contributed by atoms with Crippen LogP contribution in [0.2, 0.25) is 0 Å². The van der Waals surface area contributed by atoms with Crippen molar-refractivity contribution in [2.24, 2.45) is 11.3 Å². The smallest absolute Gasteiger partial charge is 0.0509 e. The van der Waals surface area contributed by atoms with E-state index in [-0.39, 0.29) is 18.6 Å². The summed E-state index contributed by atoms with van der Waals surface area (Å²) in [6, 6.07) is 0. The van der Waals surface area contributed by atoms with Gasteiger partial charge >= 0.3 is 0 Å². The van der Waals surface area contributed by atoms with Crippen LogP contribution in [0.15, 0.2) is 0 Å². The van der Waals surface area contributed by atoms with Gasteiger partial charge in [-0.3, -0.25) is 0 Å². The zero-order valence-electron chi connectivity index (χ0n) is 6.51. The minimum absolute atomic E-state index is 0.139. The van der Waals surface area contributed by atoms with Crippen LogP contribution in [-0.2, 0) is 0 Å². The normalized spacial score (nSPS) is 30.9. The van der Waals surface area contributed by atoms with Crippen molar-refractivity contribution >= 4 is 0 Å². The Kier molecular flexibility index (Phi) is 2.32. The Labute approximate surface area is 61.9 Å². The number of aliphatic hydroxyl groups is 2. The van der Waals surface area contributed by atoms with Crippen molar-refractivity contribution in [1.29, 1.82) is 0 Å². The molecule has 60 valence electrons. The van der Waals surface area contributed by atoms with E-state index in [1.165, 1.54) is 0 Å². The molecule has 1 unspecified atom stereocenters. The summed E-state index contributed by atoms with van der Waals surface area (Å²) < 4.78 is 0. The molecule has 0 aliphatic heterocycles. The van der Waals surface area contributed by atoms with Crippen LogP contribution in [-0.4, -0.2) is 23.4 Å². The van der Waals surface area contributed by atoms with Crippen LogP contribution >= 0.6 is 0 Å². The standard InChI is InChI=1S/C8H16O2/c1-7-2-3-8(4-7,5-9)6-10/h7,9-10H,2-6H2,1H3. The molecular formula is C8H16O2. The summed E-state index contributed by atoms with van der Waals surface area (Å²) in [5, 5.41) is 17.9. The van der Waals surface area contributed by atoms with E-state index >= 15 is 0 Å². The van der Waals surface area contributed by atoms with E-state index in [1.54, 1.807) is 0 Å². The SMILES string of the molecule is CC1CCC(CO)(CO)C1. The van der Waals surface area contributed by atoms with Gasteiger partial charge < -0.3 is 10.2 Å². The zero-order chi connectivity index (χ0) is 7.61. The Bertz CT molecular complexity index is 108. The molecule has 1 aliphatic rings. The van der Waals surface area contributed by atoms with Gasteiger partial charge in [-0.2, -0.15) is 0 Å². The fourth-order valence-electron chi connectivity index (χ4n) is 1.83. The van der Waals surface area contributed by atoms with Crippen LogP contribution in [0.1, 0.15) is 26.2 Å². The van der Waals surface area contributed by atoms with E-state index in [1.807, 2.05) is 0 Å². The van der Waals surface area contributed by atoms with Gasteiger partial charge in [0.15, 0.2) is 0 Å². The Hall–Kier alpha value is -0.0800. The summed E-state index contributed by atoms with van der Waals surface area (Å²) in [6.45, 7) is 2.47. The van der Waals surface area contributed by atoms with Crippen LogP contribution in [0.5, 0.6) is 0 Å². The molecule has 0 heterocycles.